The van der Waals surface area contributed by atoms with Crippen LogP contribution in [-0.4, -0.2) is 4.98 Å². The van der Waals surface area contributed by atoms with Gasteiger partial charge in [-0.1, -0.05) is 0 Å². The van der Waals surface area contributed by atoms with Gasteiger partial charge in [0, 0.05) is 5.88 Å². The van der Waals surface area contributed by atoms with Crippen LogP contribution in [0.2, 0.25) is 0 Å². The van der Waals surface area contributed by atoms with Crippen molar-refractivity contribution in [1.29, 1.82) is 0 Å². The van der Waals surface area contributed by atoms with Crippen LogP contribution < -0.4 is 0 Å². The van der Waals surface area contributed by atoms with E-state index < -0.39 is 29.7 Å². The average Bonchev–Trinajstić information content (AvgIpc) is 2.14. The highest BCUT2D eigenvalue weighted by molar-refractivity contribution is 14.1. The SMILES string of the molecule is FC(F)c1c(CCl)cc(I)nc1C(F)(F)F. The molecule has 0 unspecified atom stereocenters. The minimum atomic E-state index is -4.91. The summed E-state index contributed by atoms with van der Waals surface area (Å²) in [4.78, 5) is 3.10. The number of nitrogens with zero attached hydrogens (tertiary/aromatic N) is 1. The van der Waals surface area contributed by atoms with E-state index in [0.29, 0.717) is 0 Å². The molecule has 0 aliphatic rings. The predicted octanol–water partition coefficient (Wildman–Crippen LogP) is 4.38. The predicted molar refractivity (Wildman–Crippen MR) is 56.5 cm³/mol. The summed E-state index contributed by atoms with van der Waals surface area (Å²) in [7, 11) is 0. The Hall–Kier alpha value is -0.180. The number of alkyl halides is 6. The molecule has 0 saturated heterocycles. The van der Waals surface area contributed by atoms with Crippen molar-refractivity contribution in [1.82, 2.24) is 4.98 Å². The van der Waals surface area contributed by atoms with E-state index in [9.17, 15) is 22.0 Å². The number of aromatic nitrogens is 1. The van der Waals surface area contributed by atoms with Gasteiger partial charge < -0.3 is 0 Å². The molecular formula is C8H4ClF5IN. The largest absolute Gasteiger partial charge is 0.433 e. The molecule has 0 radical (unpaired) electrons. The second-order valence-corrected chi connectivity index (χ2v) is 4.17. The lowest BCUT2D eigenvalue weighted by molar-refractivity contribution is -0.143. The third-order valence-electron chi connectivity index (χ3n) is 1.74. The lowest BCUT2D eigenvalue weighted by atomic mass is 10.1. The van der Waals surface area contributed by atoms with Gasteiger partial charge in [0.05, 0.1) is 5.56 Å². The van der Waals surface area contributed by atoms with Crippen LogP contribution in [0, 0.1) is 3.70 Å². The standard InChI is InChI=1S/C8H4ClF5IN/c9-2-3-1-4(15)16-6(8(12,13)14)5(3)7(10)11/h1,7H,2H2. The van der Waals surface area contributed by atoms with Crippen LogP contribution in [0.5, 0.6) is 0 Å². The Labute approximate surface area is 106 Å². The van der Waals surface area contributed by atoms with E-state index >= 15 is 0 Å². The zero-order chi connectivity index (χ0) is 12.5. The molecule has 0 atom stereocenters. The maximum absolute atomic E-state index is 12.5. The third-order valence-corrected chi connectivity index (χ3v) is 2.58. The van der Waals surface area contributed by atoms with Crippen molar-refractivity contribution >= 4 is 34.2 Å². The Morgan fingerprint density at radius 1 is 1.38 bits per heavy atom. The molecule has 0 aliphatic heterocycles. The highest BCUT2D eigenvalue weighted by Crippen LogP contribution is 2.37. The van der Waals surface area contributed by atoms with Crippen molar-refractivity contribution in [2.75, 3.05) is 0 Å². The smallest absolute Gasteiger partial charge is 0.237 e. The molecule has 0 fully saturated rings. The van der Waals surface area contributed by atoms with Crippen molar-refractivity contribution in [3.8, 4) is 0 Å². The number of hydrogen-bond acceptors (Lipinski definition) is 1. The summed E-state index contributed by atoms with van der Waals surface area (Å²) in [6, 6.07) is 1.12. The molecule has 0 saturated carbocycles. The van der Waals surface area contributed by atoms with Gasteiger partial charge in [-0.2, -0.15) is 13.2 Å². The summed E-state index contributed by atoms with van der Waals surface area (Å²) < 4.78 is 62.4. The van der Waals surface area contributed by atoms with Gasteiger partial charge in [0.2, 0.25) is 0 Å². The second-order valence-electron chi connectivity index (χ2n) is 2.80. The number of halogens is 7. The van der Waals surface area contributed by atoms with Gasteiger partial charge in [-0.15, -0.1) is 11.6 Å². The second kappa shape index (κ2) is 4.99. The molecule has 0 aromatic carbocycles. The molecule has 1 aromatic heterocycles. The number of pyridine rings is 1. The third kappa shape index (κ3) is 2.93. The van der Waals surface area contributed by atoms with Gasteiger partial charge in [0.25, 0.3) is 6.43 Å². The molecule has 16 heavy (non-hydrogen) atoms. The Morgan fingerprint density at radius 2 is 1.94 bits per heavy atom. The maximum atomic E-state index is 12.5. The van der Waals surface area contributed by atoms with Gasteiger partial charge in [0.15, 0.2) is 5.69 Å². The molecule has 0 aliphatic carbocycles. The van der Waals surface area contributed by atoms with E-state index in [0.717, 1.165) is 6.07 Å². The molecule has 1 nitrogen and oxygen atoms in total. The van der Waals surface area contributed by atoms with Crippen LogP contribution >= 0.6 is 34.2 Å². The molecule has 1 rings (SSSR count). The quantitative estimate of drug-likeness (QED) is 0.325. The first-order chi connectivity index (χ1) is 7.27. The van der Waals surface area contributed by atoms with Gasteiger partial charge in [-0.05, 0) is 34.2 Å². The molecule has 0 N–H and O–H groups in total. The normalized spacial score (nSPS) is 12.2. The molecular weight excluding hydrogens is 367 g/mol. The van der Waals surface area contributed by atoms with Crippen molar-refractivity contribution in [3.05, 3.63) is 26.6 Å². The lowest BCUT2D eigenvalue weighted by Gasteiger charge is -2.14. The topological polar surface area (TPSA) is 12.9 Å². The summed E-state index contributed by atoms with van der Waals surface area (Å²) in [5, 5.41) is 0. The first kappa shape index (κ1) is 13.9. The molecule has 0 spiro atoms. The lowest BCUT2D eigenvalue weighted by Crippen LogP contribution is -2.15. The summed E-state index contributed by atoms with van der Waals surface area (Å²) in [5.74, 6) is -0.415. The molecule has 0 amide bonds. The van der Waals surface area contributed by atoms with Crippen molar-refractivity contribution in [2.45, 2.75) is 18.5 Å². The van der Waals surface area contributed by atoms with Crippen LogP contribution in [0.15, 0.2) is 6.07 Å². The zero-order valence-electron chi connectivity index (χ0n) is 7.45. The fraction of sp³-hybridized carbons (Fsp3) is 0.375. The number of rotatable bonds is 2. The van der Waals surface area contributed by atoms with Crippen LogP contribution in [0.4, 0.5) is 22.0 Å². The maximum Gasteiger partial charge on any atom is 0.433 e. The fourth-order valence-corrected chi connectivity index (χ4v) is 1.98. The van der Waals surface area contributed by atoms with E-state index in [2.05, 4.69) is 4.98 Å². The van der Waals surface area contributed by atoms with E-state index in [4.69, 9.17) is 11.6 Å². The van der Waals surface area contributed by atoms with Gasteiger partial charge in [-0.3, -0.25) is 0 Å². The Kier molecular flexibility index (Phi) is 4.33. The molecule has 90 valence electrons. The van der Waals surface area contributed by atoms with Crippen LogP contribution in [0.3, 0.4) is 0 Å². The fourth-order valence-electron chi connectivity index (χ4n) is 1.14. The van der Waals surface area contributed by atoms with Crippen LogP contribution in [-0.2, 0) is 12.1 Å². The first-order valence-corrected chi connectivity index (χ1v) is 5.49. The van der Waals surface area contributed by atoms with Crippen LogP contribution in [0.25, 0.3) is 0 Å². The van der Waals surface area contributed by atoms with E-state index in [1.165, 1.54) is 22.6 Å². The first-order valence-electron chi connectivity index (χ1n) is 3.88. The minimum Gasteiger partial charge on any atom is -0.237 e. The van der Waals surface area contributed by atoms with Gasteiger partial charge in [0.1, 0.15) is 3.70 Å². The Morgan fingerprint density at radius 3 is 2.31 bits per heavy atom. The average molecular weight is 371 g/mol. The highest BCUT2D eigenvalue weighted by Gasteiger charge is 2.39. The monoisotopic (exact) mass is 371 g/mol. The summed E-state index contributed by atoms with van der Waals surface area (Å²) >= 11 is 6.86. The molecule has 1 heterocycles. The summed E-state index contributed by atoms with van der Waals surface area (Å²) in [6.07, 6.45) is -8.16. The highest BCUT2D eigenvalue weighted by atomic mass is 127. The van der Waals surface area contributed by atoms with Crippen molar-refractivity contribution < 1.29 is 22.0 Å². The molecule has 1 aromatic rings. The van der Waals surface area contributed by atoms with Crippen molar-refractivity contribution in [2.24, 2.45) is 0 Å². The summed E-state index contributed by atoms with van der Waals surface area (Å²) in [6.45, 7) is 0. The van der Waals surface area contributed by atoms with E-state index in [1.54, 1.807) is 0 Å². The summed E-state index contributed by atoms with van der Waals surface area (Å²) in [5.41, 5.74) is -2.95. The zero-order valence-corrected chi connectivity index (χ0v) is 10.4. The molecule has 0 bridgehead atoms. The van der Waals surface area contributed by atoms with Gasteiger partial charge in [-0.25, -0.2) is 13.8 Å². The Balaban J connectivity index is 3.51. The number of hydrogen-bond donors (Lipinski definition) is 0. The van der Waals surface area contributed by atoms with Crippen LogP contribution in [0.1, 0.15) is 23.2 Å². The Bertz CT molecular complexity index is 393. The van der Waals surface area contributed by atoms with Gasteiger partial charge >= 0.3 is 6.18 Å². The molecule has 8 heteroatoms. The van der Waals surface area contributed by atoms with E-state index in [-0.39, 0.29) is 9.26 Å². The van der Waals surface area contributed by atoms with Crippen molar-refractivity contribution in [3.63, 3.8) is 0 Å². The minimum absolute atomic E-state index is 0.0232. The van der Waals surface area contributed by atoms with E-state index in [1.807, 2.05) is 0 Å².